The first-order valence-corrected chi connectivity index (χ1v) is 7.98. The zero-order valence-electron chi connectivity index (χ0n) is 14.1. The van der Waals surface area contributed by atoms with Gasteiger partial charge in [0.05, 0.1) is 5.92 Å². The summed E-state index contributed by atoms with van der Waals surface area (Å²) in [6, 6.07) is 15.8. The summed E-state index contributed by atoms with van der Waals surface area (Å²) in [5.74, 6) is -2.07. The normalized spacial score (nSPS) is 11.9. The maximum atomic E-state index is 12.1. The van der Waals surface area contributed by atoms with Crippen LogP contribution in [0.4, 0.5) is 5.69 Å². The van der Waals surface area contributed by atoms with Gasteiger partial charge in [-0.25, -0.2) is 0 Å². The standard InChI is InChI=1S/C19H22N2O4/c1-21(12-14-5-3-2-4-6-14)13-15(19(24)25)11-18(23)20-16-7-9-17(22)10-8-16/h2-10,15,22H,11-13H2,1H3,(H,20,23)(H,24,25)/t15-/m1/s1. The minimum atomic E-state index is -0.999. The molecule has 0 radical (unpaired) electrons. The largest absolute Gasteiger partial charge is 0.508 e. The van der Waals surface area contributed by atoms with Crippen LogP contribution in [0.2, 0.25) is 0 Å². The van der Waals surface area contributed by atoms with Crippen LogP contribution in [0.15, 0.2) is 54.6 Å². The summed E-state index contributed by atoms with van der Waals surface area (Å²) in [5.41, 5.74) is 1.60. The van der Waals surface area contributed by atoms with E-state index in [1.54, 1.807) is 12.1 Å². The number of nitrogens with one attached hydrogen (secondary N) is 1. The molecular formula is C19H22N2O4. The van der Waals surface area contributed by atoms with Crippen molar-refractivity contribution in [1.82, 2.24) is 4.90 Å². The van der Waals surface area contributed by atoms with Gasteiger partial charge in [-0.05, 0) is 36.9 Å². The zero-order chi connectivity index (χ0) is 18.2. The number of aliphatic carboxylic acids is 1. The summed E-state index contributed by atoms with van der Waals surface area (Å²) in [4.78, 5) is 25.5. The lowest BCUT2D eigenvalue weighted by molar-refractivity contribution is -0.144. The lowest BCUT2D eigenvalue weighted by Gasteiger charge is -2.21. The molecule has 6 heteroatoms. The molecule has 0 heterocycles. The number of anilines is 1. The molecule has 25 heavy (non-hydrogen) atoms. The lowest BCUT2D eigenvalue weighted by Crippen LogP contribution is -2.33. The minimum Gasteiger partial charge on any atom is -0.508 e. The third kappa shape index (κ3) is 6.27. The molecular weight excluding hydrogens is 320 g/mol. The Bertz CT molecular complexity index is 701. The zero-order valence-corrected chi connectivity index (χ0v) is 14.1. The number of carboxylic acid groups (broad SMARTS) is 1. The number of carbonyl (C=O) groups excluding carboxylic acids is 1. The predicted molar refractivity (Wildman–Crippen MR) is 95.3 cm³/mol. The summed E-state index contributed by atoms with van der Waals surface area (Å²) in [6.07, 6.45) is -0.116. The predicted octanol–water partition coefficient (Wildman–Crippen LogP) is 2.55. The number of carbonyl (C=O) groups is 2. The van der Waals surface area contributed by atoms with Gasteiger partial charge < -0.3 is 20.4 Å². The van der Waals surface area contributed by atoms with Gasteiger partial charge in [0.1, 0.15) is 5.75 Å². The number of phenolic OH excluding ortho intramolecular Hbond substituents is 1. The van der Waals surface area contributed by atoms with Gasteiger partial charge >= 0.3 is 5.97 Å². The Morgan fingerprint density at radius 3 is 2.32 bits per heavy atom. The van der Waals surface area contributed by atoms with Crippen LogP contribution in [0.1, 0.15) is 12.0 Å². The molecule has 132 valence electrons. The van der Waals surface area contributed by atoms with Crippen molar-refractivity contribution in [3.8, 4) is 5.75 Å². The molecule has 0 saturated carbocycles. The summed E-state index contributed by atoms with van der Waals surface area (Å²) in [7, 11) is 1.83. The number of nitrogens with zero attached hydrogens (tertiary/aromatic N) is 1. The Morgan fingerprint density at radius 1 is 1.08 bits per heavy atom. The summed E-state index contributed by atoms with van der Waals surface area (Å²) in [5, 5.41) is 21.3. The van der Waals surface area contributed by atoms with E-state index in [9.17, 15) is 19.8 Å². The highest BCUT2D eigenvalue weighted by Crippen LogP contribution is 2.15. The maximum Gasteiger partial charge on any atom is 0.308 e. The van der Waals surface area contributed by atoms with Crippen LogP contribution in [-0.4, -0.2) is 40.6 Å². The molecule has 6 nitrogen and oxygen atoms in total. The van der Waals surface area contributed by atoms with Gasteiger partial charge in [-0.2, -0.15) is 0 Å². The second-order valence-corrected chi connectivity index (χ2v) is 6.02. The van der Waals surface area contributed by atoms with E-state index in [-0.39, 0.29) is 24.6 Å². The lowest BCUT2D eigenvalue weighted by atomic mass is 10.0. The Hall–Kier alpha value is -2.86. The molecule has 2 aromatic rings. The Kier molecular flexibility index (Phi) is 6.54. The summed E-state index contributed by atoms with van der Waals surface area (Å²) >= 11 is 0. The van der Waals surface area contributed by atoms with Crippen molar-refractivity contribution in [2.24, 2.45) is 5.92 Å². The van der Waals surface area contributed by atoms with E-state index in [2.05, 4.69) is 5.32 Å². The van der Waals surface area contributed by atoms with Gasteiger partial charge in [0.25, 0.3) is 0 Å². The van der Waals surface area contributed by atoms with Crippen LogP contribution in [0.25, 0.3) is 0 Å². The Morgan fingerprint density at radius 2 is 1.72 bits per heavy atom. The third-order valence-corrected chi connectivity index (χ3v) is 3.76. The summed E-state index contributed by atoms with van der Waals surface area (Å²) in [6.45, 7) is 0.886. The fraction of sp³-hybridized carbons (Fsp3) is 0.263. The topological polar surface area (TPSA) is 89.9 Å². The second kappa shape index (κ2) is 8.84. The highest BCUT2D eigenvalue weighted by atomic mass is 16.4. The molecule has 0 fully saturated rings. The van der Waals surface area contributed by atoms with Gasteiger partial charge in [0.2, 0.25) is 5.91 Å². The van der Waals surface area contributed by atoms with Crippen molar-refractivity contribution in [3.63, 3.8) is 0 Å². The van der Waals surface area contributed by atoms with Crippen molar-refractivity contribution in [2.75, 3.05) is 18.9 Å². The number of aromatic hydroxyl groups is 1. The highest BCUT2D eigenvalue weighted by Gasteiger charge is 2.23. The number of carboxylic acids is 1. The van der Waals surface area contributed by atoms with Gasteiger partial charge in [-0.3, -0.25) is 9.59 Å². The van der Waals surface area contributed by atoms with E-state index in [1.807, 2.05) is 42.3 Å². The van der Waals surface area contributed by atoms with Crippen LogP contribution in [0.5, 0.6) is 5.75 Å². The molecule has 2 rings (SSSR count). The third-order valence-electron chi connectivity index (χ3n) is 3.76. The molecule has 0 saturated heterocycles. The Balaban J connectivity index is 1.90. The first-order valence-electron chi connectivity index (χ1n) is 7.98. The molecule has 2 aromatic carbocycles. The van der Waals surface area contributed by atoms with Gasteiger partial charge in [0.15, 0.2) is 0 Å². The van der Waals surface area contributed by atoms with Crippen LogP contribution < -0.4 is 5.32 Å². The van der Waals surface area contributed by atoms with E-state index in [4.69, 9.17) is 0 Å². The molecule has 0 unspecified atom stereocenters. The molecule has 1 amide bonds. The molecule has 0 aromatic heterocycles. The molecule has 1 atom stereocenters. The number of hydrogen-bond acceptors (Lipinski definition) is 4. The smallest absolute Gasteiger partial charge is 0.308 e. The second-order valence-electron chi connectivity index (χ2n) is 6.02. The van der Waals surface area contributed by atoms with Gasteiger partial charge in [-0.1, -0.05) is 30.3 Å². The molecule has 0 aliphatic rings. The van der Waals surface area contributed by atoms with E-state index in [0.717, 1.165) is 5.56 Å². The number of benzene rings is 2. The van der Waals surface area contributed by atoms with Crippen molar-refractivity contribution >= 4 is 17.6 Å². The van der Waals surface area contributed by atoms with Crippen molar-refractivity contribution < 1.29 is 19.8 Å². The van der Waals surface area contributed by atoms with Gasteiger partial charge in [-0.15, -0.1) is 0 Å². The maximum absolute atomic E-state index is 12.1. The molecule has 0 spiro atoms. The fourth-order valence-electron chi connectivity index (χ4n) is 2.55. The molecule has 3 N–H and O–H groups in total. The molecule has 0 aliphatic carbocycles. The van der Waals surface area contributed by atoms with Crippen LogP contribution >= 0.6 is 0 Å². The molecule has 0 aliphatic heterocycles. The first-order chi connectivity index (χ1) is 11.9. The minimum absolute atomic E-state index is 0.101. The van der Waals surface area contributed by atoms with Gasteiger partial charge in [0, 0.05) is 25.2 Å². The quantitative estimate of drug-likeness (QED) is 0.642. The van der Waals surface area contributed by atoms with E-state index in [1.165, 1.54) is 12.1 Å². The fourth-order valence-corrected chi connectivity index (χ4v) is 2.55. The number of hydrogen-bond donors (Lipinski definition) is 3. The monoisotopic (exact) mass is 342 g/mol. The van der Waals surface area contributed by atoms with Crippen molar-refractivity contribution in [2.45, 2.75) is 13.0 Å². The van der Waals surface area contributed by atoms with Crippen molar-refractivity contribution in [3.05, 3.63) is 60.2 Å². The van der Waals surface area contributed by atoms with Crippen LogP contribution in [0.3, 0.4) is 0 Å². The van der Waals surface area contributed by atoms with Crippen LogP contribution in [-0.2, 0) is 16.1 Å². The highest BCUT2D eigenvalue weighted by molar-refractivity contribution is 5.93. The number of phenols is 1. The van der Waals surface area contributed by atoms with E-state index in [0.29, 0.717) is 12.2 Å². The number of rotatable bonds is 8. The van der Waals surface area contributed by atoms with Crippen molar-refractivity contribution in [1.29, 1.82) is 0 Å². The molecule has 0 bridgehead atoms. The average Bonchev–Trinajstić information content (AvgIpc) is 2.57. The SMILES string of the molecule is CN(Cc1ccccc1)C[C@@H](CC(=O)Nc1ccc(O)cc1)C(=O)O. The first kappa shape index (κ1) is 18.5. The van der Waals surface area contributed by atoms with E-state index < -0.39 is 11.9 Å². The Labute approximate surface area is 146 Å². The summed E-state index contributed by atoms with van der Waals surface area (Å²) < 4.78 is 0. The number of amides is 1. The van der Waals surface area contributed by atoms with E-state index >= 15 is 0 Å². The van der Waals surface area contributed by atoms with Crippen LogP contribution in [0, 0.1) is 5.92 Å². The average molecular weight is 342 g/mol.